The Morgan fingerprint density at radius 2 is 2.03 bits per heavy atom. The lowest BCUT2D eigenvalue weighted by atomic mass is 9.99. The average Bonchev–Trinajstić information content (AvgIpc) is 3.19. The zero-order chi connectivity index (χ0) is 21.3. The molecule has 0 aliphatic carbocycles. The second-order valence-corrected chi connectivity index (χ2v) is 8.98. The Morgan fingerprint density at radius 1 is 1.31 bits per heavy atom. The second-order valence-electron chi connectivity index (χ2n) is 8.98. The van der Waals surface area contributed by atoms with Crippen LogP contribution in [0, 0.1) is 19.8 Å². The predicted octanol–water partition coefficient (Wildman–Crippen LogP) is 3.63. The third kappa shape index (κ3) is 4.81. The largest absolute Gasteiger partial charge is 0.478 e. The zero-order valence-electron chi connectivity index (χ0n) is 18.2. The highest BCUT2D eigenvalue weighted by Gasteiger charge is 2.41. The van der Waals surface area contributed by atoms with Crippen LogP contribution in [0.1, 0.15) is 56.2 Å². The monoisotopic (exact) mass is 400 g/mol. The molecule has 6 heteroatoms. The molecule has 2 aromatic rings. The van der Waals surface area contributed by atoms with E-state index in [1.165, 1.54) is 0 Å². The van der Waals surface area contributed by atoms with Gasteiger partial charge >= 0.3 is 0 Å². The van der Waals surface area contributed by atoms with Crippen molar-refractivity contribution in [3.63, 3.8) is 0 Å². The smallest absolute Gasteiger partial charge is 0.266 e. The lowest BCUT2D eigenvalue weighted by Gasteiger charge is -2.31. The zero-order valence-corrected chi connectivity index (χ0v) is 18.2. The second kappa shape index (κ2) is 8.19. The van der Waals surface area contributed by atoms with Crippen LogP contribution in [0.3, 0.4) is 0 Å². The van der Waals surface area contributed by atoms with Gasteiger partial charge < -0.3 is 19.3 Å². The van der Waals surface area contributed by atoms with Crippen LogP contribution >= 0.6 is 0 Å². The minimum Gasteiger partial charge on any atom is -0.478 e. The van der Waals surface area contributed by atoms with E-state index in [0.29, 0.717) is 25.4 Å². The van der Waals surface area contributed by atoms with Gasteiger partial charge in [0.1, 0.15) is 11.5 Å². The molecule has 1 saturated heterocycles. The Kier molecular flexibility index (Phi) is 6.03. The molecular formula is C23H32N2O4. The molecule has 0 spiro atoms. The van der Waals surface area contributed by atoms with Gasteiger partial charge in [0, 0.05) is 31.5 Å². The van der Waals surface area contributed by atoms with Crippen LogP contribution in [0.15, 0.2) is 28.8 Å². The van der Waals surface area contributed by atoms with Crippen LogP contribution in [-0.2, 0) is 11.2 Å². The number of hydrogen-bond acceptors (Lipinski definition) is 5. The van der Waals surface area contributed by atoms with Gasteiger partial charge in [-0.05, 0) is 50.8 Å². The van der Waals surface area contributed by atoms with E-state index in [-0.39, 0.29) is 11.8 Å². The first-order chi connectivity index (χ1) is 13.6. The number of hydrogen-bond donors (Lipinski definition) is 1. The van der Waals surface area contributed by atoms with E-state index in [1.54, 1.807) is 18.7 Å². The summed E-state index contributed by atoms with van der Waals surface area (Å²) in [5.74, 6) is 1.57. The molecule has 158 valence electrons. The summed E-state index contributed by atoms with van der Waals surface area (Å²) in [5.41, 5.74) is 1.95. The minimum absolute atomic E-state index is 0.0766. The molecule has 6 nitrogen and oxygen atoms in total. The Hall–Kier alpha value is -2.34. The number of rotatable bonds is 6. The number of amides is 1. The molecule has 1 N–H and O–H groups in total. The molecular weight excluding hydrogens is 368 g/mol. The van der Waals surface area contributed by atoms with E-state index in [2.05, 4.69) is 31.1 Å². The third-order valence-corrected chi connectivity index (χ3v) is 5.51. The lowest BCUT2D eigenvalue weighted by molar-refractivity contribution is -0.144. The molecule has 1 fully saturated rings. The maximum absolute atomic E-state index is 13.2. The highest BCUT2D eigenvalue weighted by molar-refractivity contribution is 5.85. The number of benzene rings is 1. The summed E-state index contributed by atoms with van der Waals surface area (Å²) in [6, 6.07) is 7.97. The summed E-state index contributed by atoms with van der Waals surface area (Å²) >= 11 is 0. The Bertz CT molecular complexity index is 872. The van der Waals surface area contributed by atoms with Crippen molar-refractivity contribution >= 4 is 5.91 Å². The van der Waals surface area contributed by atoms with Crippen LogP contribution in [0.4, 0.5) is 0 Å². The maximum Gasteiger partial charge on any atom is 0.266 e. The number of aromatic nitrogens is 1. The Balaban J connectivity index is 1.71. The third-order valence-electron chi connectivity index (χ3n) is 5.51. The van der Waals surface area contributed by atoms with Gasteiger partial charge in [-0.15, -0.1) is 0 Å². The molecule has 29 heavy (non-hydrogen) atoms. The summed E-state index contributed by atoms with van der Waals surface area (Å²) in [6.07, 6.45) is -0.0343. The first-order valence-electron chi connectivity index (χ1n) is 10.3. The van der Waals surface area contributed by atoms with Crippen LogP contribution in [-0.4, -0.2) is 45.9 Å². The number of carbonyl (C=O) groups excluding carboxylic acids is 1. The molecule has 0 saturated carbocycles. The first kappa shape index (κ1) is 21.4. The average molecular weight is 401 g/mol. The van der Waals surface area contributed by atoms with E-state index in [9.17, 15) is 9.90 Å². The lowest BCUT2D eigenvalue weighted by Crippen LogP contribution is -2.48. The van der Waals surface area contributed by atoms with E-state index in [0.717, 1.165) is 28.3 Å². The van der Waals surface area contributed by atoms with Crippen molar-refractivity contribution in [1.82, 2.24) is 10.1 Å². The molecule has 2 heterocycles. The highest BCUT2D eigenvalue weighted by atomic mass is 16.5. The summed E-state index contributed by atoms with van der Waals surface area (Å²) in [6.45, 7) is 12.5. The molecule has 3 rings (SSSR count). The molecule has 1 aliphatic rings. The predicted molar refractivity (Wildman–Crippen MR) is 111 cm³/mol. The van der Waals surface area contributed by atoms with Gasteiger partial charge in [-0.1, -0.05) is 31.1 Å². The van der Waals surface area contributed by atoms with E-state index < -0.39 is 11.7 Å². The van der Waals surface area contributed by atoms with Crippen molar-refractivity contribution in [2.75, 3.05) is 13.1 Å². The summed E-state index contributed by atoms with van der Waals surface area (Å²) in [4.78, 5) is 14.9. The number of ether oxygens (including phenoxy) is 1. The van der Waals surface area contributed by atoms with Crippen molar-refractivity contribution in [1.29, 1.82) is 0 Å². The summed E-state index contributed by atoms with van der Waals surface area (Å²) in [7, 11) is 0. The molecule has 1 aliphatic heterocycles. The van der Waals surface area contributed by atoms with Crippen molar-refractivity contribution in [2.24, 2.45) is 5.92 Å². The quantitative estimate of drug-likeness (QED) is 0.801. The minimum atomic E-state index is -1.03. The van der Waals surface area contributed by atoms with Gasteiger partial charge in [0.25, 0.3) is 5.91 Å². The van der Waals surface area contributed by atoms with E-state index in [4.69, 9.17) is 9.26 Å². The topological polar surface area (TPSA) is 75.8 Å². The number of likely N-dealkylation sites (tertiary alicyclic amines) is 1. The fourth-order valence-corrected chi connectivity index (χ4v) is 3.90. The molecule has 1 aromatic carbocycles. The normalized spacial score (nSPS) is 19.8. The summed E-state index contributed by atoms with van der Waals surface area (Å²) in [5, 5.41) is 14.4. The van der Waals surface area contributed by atoms with E-state index >= 15 is 0 Å². The van der Waals surface area contributed by atoms with Crippen molar-refractivity contribution in [2.45, 2.75) is 65.6 Å². The van der Waals surface area contributed by atoms with Crippen LogP contribution in [0.5, 0.6) is 5.75 Å². The number of aryl methyl sites for hydroxylation is 2. The maximum atomic E-state index is 13.2. The number of carbonyl (C=O) groups is 1. The molecule has 2 atom stereocenters. The van der Waals surface area contributed by atoms with Gasteiger partial charge in [0.15, 0.2) is 5.60 Å². The number of nitrogens with zero attached hydrogens (tertiary/aromatic N) is 2. The van der Waals surface area contributed by atoms with Crippen molar-refractivity contribution in [3.8, 4) is 5.75 Å². The van der Waals surface area contributed by atoms with Gasteiger partial charge in [-0.3, -0.25) is 4.79 Å². The van der Waals surface area contributed by atoms with Crippen LogP contribution in [0.25, 0.3) is 0 Å². The first-order valence-corrected chi connectivity index (χ1v) is 10.3. The van der Waals surface area contributed by atoms with Crippen molar-refractivity contribution < 1.29 is 19.2 Å². The molecule has 1 amide bonds. The standard InChI is InChI=1S/C23H32N2O4/c1-14(2)19-8-7-15(3)9-21(19)28-23(5,6)22(27)25-12-17(20(26)13-25)11-18-10-16(4)24-29-18/h7-10,14,17,20,26H,11-13H2,1-6H3/t17-,20-/m1/s1. The molecule has 1 aromatic heterocycles. The molecule has 0 radical (unpaired) electrons. The van der Waals surface area contributed by atoms with Gasteiger partial charge in [0.2, 0.25) is 0 Å². The van der Waals surface area contributed by atoms with E-state index in [1.807, 2.05) is 26.0 Å². The van der Waals surface area contributed by atoms with Gasteiger partial charge in [-0.2, -0.15) is 0 Å². The van der Waals surface area contributed by atoms with Crippen LogP contribution in [0.2, 0.25) is 0 Å². The summed E-state index contributed by atoms with van der Waals surface area (Å²) < 4.78 is 11.5. The number of β-amino-alcohol motifs (C(OH)–C–C–N with tert-alkyl or cyclic N) is 1. The Morgan fingerprint density at radius 3 is 2.66 bits per heavy atom. The molecule has 0 unspecified atom stereocenters. The number of aliphatic hydroxyl groups excluding tert-OH is 1. The Labute approximate surface area is 172 Å². The highest BCUT2D eigenvalue weighted by Crippen LogP contribution is 2.32. The fraction of sp³-hybridized carbons (Fsp3) is 0.565. The van der Waals surface area contributed by atoms with Gasteiger partial charge in [0.05, 0.1) is 11.8 Å². The fourth-order valence-electron chi connectivity index (χ4n) is 3.90. The SMILES string of the molecule is Cc1ccc(C(C)C)c(OC(C)(C)C(=O)N2C[C@@H](Cc3cc(C)no3)[C@H](O)C2)c1. The number of aliphatic hydroxyl groups is 1. The molecule has 0 bridgehead atoms. The van der Waals surface area contributed by atoms with Crippen molar-refractivity contribution in [3.05, 3.63) is 46.8 Å². The van der Waals surface area contributed by atoms with Gasteiger partial charge in [-0.25, -0.2) is 0 Å². The van der Waals surface area contributed by atoms with Crippen LogP contribution < -0.4 is 4.74 Å².